The SMILES string of the molecule is CCc1ncc(C(=O)NC(CC(=O)OC)c2cccs2)s1. The van der Waals surface area contributed by atoms with Gasteiger partial charge in [-0.25, -0.2) is 4.98 Å². The van der Waals surface area contributed by atoms with Crippen LogP contribution in [0.1, 0.15) is 38.9 Å². The Morgan fingerprint density at radius 3 is 2.86 bits per heavy atom. The molecule has 21 heavy (non-hydrogen) atoms. The molecule has 0 spiro atoms. The second-order valence-electron chi connectivity index (χ2n) is 4.29. The van der Waals surface area contributed by atoms with Crippen LogP contribution < -0.4 is 5.32 Å². The van der Waals surface area contributed by atoms with Gasteiger partial charge in [0.15, 0.2) is 0 Å². The van der Waals surface area contributed by atoms with E-state index in [-0.39, 0.29) is 24.3 Å². The Kier molecular flexibility index (Phi) is 5.46. The zero-order chi connectivity index (χ0) is 15.2. The Labute approximate surface area is 131 Å². The fourth-order valence-electron chi connectivity index (χ4n) is 1.77. The molecule has 7 heteroatoms. The summed E-state index contributed by atoms with van der Waals surface area (Å²) in [4.78, 5) is 29.4. The van der Waals surface area contributed by atoms with Crippen LogP contribution in [0.15, 0.2) is 23.7 Å². The number of thiazole rings is 1. The number of rotatable bonds is 6. The van der Waals surface area contributed by atoms with E-state index in [1.54, 1.807) is 6.20 Å². The standard InChI is InChI=1S/C14H16N2O3S2/c1-3-12-15-8-11(21-12)14(18)16-9(7-13(17)19-2)10-5-4-6-20-10/h4-6,8-9H,3,7H2,1-2H3,(H,16,18). The molecule has 5 nitrogen and oxygen atoms in total. The Bertz CT molecular complexity index is 608. The van der Waals surface area contributed by atoms with Crippen molar-refractivity contribution in [2.45, 2.75) is 25.8 Å². The van der Waals surface area contributed by atoms with E-state index in [4.69, 9.17) is 4.74 Å². The number of ether oxygens (including phenoxy) is 1. The number of carbonyl (C=O) groups is 2. The largest absolute Gasteiger partial charge is 0.469 e. The van der Waals surface area contributed by atoms with Crippen molar-refractivity contribution in [1.29, 1.82) is 0 Å². The highest BCUT2D eigenvalue weighted by Crippen LogP contribution is 2.23. The summed E-state index contributed by atoms with van der Waals surface area (Å²) < 4.78 is 4.69. The van der Waals surface area contributed by atoms with Crippen LogP contribution in [0.4, 0.5) is 0 Å². The van der Waals surface area contributed by atoms with E-state index in [2.05, 4.69) is 10.3 Å². The van der Waals surface area contributed by atoms with Crippen molar-refractivity contribution in [2.75, 3.05) is 7.11 Å². The molecule has 2 aromatic heterocycles. The number of aryl methyl sites for hydroxylation is 1. The smallest absolute Gasteiger partial charge is 0.307 e. The number of amides is 1. The van der Waals surface area contributed by atoms with Crippen LogP contribution in [0.2, 0.25) is 0 Å². The van der Waals surface area contributed by atoms with Crippen LogP contribution in [0.5, 0.6) is 0 Å². The van der Waals surface area contributed by atoms with Gasteiger partial charge in [-0.3, -0.25) is 9.59 Å². The summed E-state index contributed by atoms with van der Waals surface area (Å²) in [6.07, 6.45) is 2.49. The summed E-state index contributed by atoms with van der Waals surface area (Å²) in [7, 11) is 1.34. The molecule has 1 atom stereocenters. The summed E-state index contributed by atoms with van der Waals surface area (Å²) in [6, 6.07) is 3.40. The molecule has 0 saturated heterocycles. The summed E-state index contributed by atoms with van der Waals surface area (Å²) in [5.41, 5.74) is 0. The van der Waals surface area contributed by atoms with Gasteiger partial charge in [-0.05, 0) is 17.9 Å². The number of thiophene rings is 1. The molecule has 0 fully saturated rings. The predicted molar refractivity (Wildman–Crippen MR) is 82.7 cm³/mol. The molecule has 0 aliphatic carbocycles. The molecule has 0 bridgehead atoms. The summed E-state index contributed by atoms with van der Waals surface area (Å²) in [5.74, 6) is -0.568. The molecule has 2 aromatic rings. The number of methoxy groups -OCH3 is 1. The van der Waals surface area contributed by atoms with Crippen LogP contribution in [-0.4, -0.2) is 24.0 Å². The van der Waals surface area contributed by atoms with Gasteiger partial charge in [-0.15, -0.1) is 22.7 Å². The highest BCUT2D eigenvalue weighted by atomic mass is 32.1. The van der Waals surface area contributed by atoms with Gasteiger partial charge in [0.2, 0.25) is 0 Å². The van der Waals surface area contributed by atoms with E-state index in [0.29, 0.717) is 4.88 Å². The first-order valence-electron chi connectivity index (χ1n) is 6.49. The Hall–Kier alpha value is -1.73. The lowest BCUT2D eigenvalue weighted by Gasteiger charge is -2.15. The van der Waals surface area contributed by atoms with E-state index in [0.717, 1.165) is 16.3 Å². The normalized spacial score (nSPS) is 11.9. The fraction of sp³-hybridized carbons (Fsp3) is 0.357. The van der Waals surface area contributed by atoms with Gasteiger partial charge >= 0.3 is 5.97 Å². The van der Waals surface area contributed by atoms with Crippen molar-refractivity contribution in [3.05, 3.63) is 38.5 Å². The maximum atomic E-state index is 12.3. The first-order valence-corrected chi connectivity index (χ1v) is 8.19. The Balaban J connectivity index is 2.10. The number of nitrogens with zero attached hydrogens (tertiary/aromatic N) is 1. The highest BCUT2D eigenvalue weighted by molar-refractivity contribution is 7.13. The molecule has 1 amide bonds. The van der Waals surface area contributed by atoms with Crippen LogP contribution in [0.3, 0.4) is 0 Å². The minimum Gasteiger partial charge on any atom is -0.469 e. The Morgan fingerprint density at radius 1 is 1.48 bits per heavy atom. The molecule has 0 saturated carbocycles. The van der Waals surface area contributed by atoms with Crippen LogP contribution in [0.25, 0.3) is 0 Å². The highest BCUT2D eigenvalue weighted by Gasteiger charge is 2.21. The zero-order valence-electron chi connectivity index (χ0n) is 11.8. The van der Waals surface area contributed by atoms with Crippen LogP contribution in [-0.2, 0) is 16.0 Å². The lowest BCUT2D eigenvalue weighted by molar-refractivity contribution is -0.141. The third-order valence-electron chi connectivity index (χ3n) is 2.87. The minimum atomic E-state index is -0.378. The topological polar surface area (TPSA) is 68.3 Å². The van der Waals surface area contributed by atoms with Gasteiger partial charge in [0, 0.05) is 4.88 Å². The molecule has 0 aliphatic heterocycles. The summed E-state index contributed by atoms with van der Waals surface area (Å²) in [6.45, 7) is 1.99. The average molecular weight is 324 g/mol. The first-order chi connectivity index (χ1) is 10.1. The molecule has 2 rings (SSSR count). The lowest BCUT2D eigenvalue weighted by Crippen LogP contribution is -2.29. The van der Waals surface area contributed by atoms with Crippen molar-refractivity contribution in [3.63, 3.8) is 0 Å². The quantitative estimate of drug-likeness (QED) is 0.830. The number of esters is 1. The second kappa shape index (κ2) is 7.33. The van der Waals surface area contributed by atoms with E-state index in [1.807, 2.05) is 24.4 Å². The van der Waals surface area contributed by atoms with E-state index >= 15 is 0 Å². The number of aromatic nitrogens is 1. The van der Waals surface area contributed by atoms with Gasteiger partial charge in [-0.2, -0.15) is 0 Å². The molecular weight excluding hydrogens is 308 g/mol. The molecule has 1 N–H and O–H groups in total. The maximum absolute atomic E-state index is 12.3. The van der Waals surface area contributed by atoms with E-state index in [9.17, 15) is 9.59 Å². The third-order valence-corrected chi connectivity index (χ3v) is 5.00. The maximum Gasteiger partial charge on any atom is 0.307 e. The lowest BCUT2D eigenvalue weighted by atomic mass is 10.1. The van der Waals surface area contributed by atoms with E-state index < -0.39 is 0 Å². The molecule has 1 unspecified atom stereocenters. The number of hydrogen-bond donors (Lipinski definition) is 1. The molecular formula is C14H16N2O3S2. The van der Waals surface area contributed by atoms with Crippen molar-refractivity contribution in [1.82, 2.24) is 10.3 Å². The van der Waals surface area contributed by atoms with Gasteiger partial charge < -0.3 is 10.1 Å². The van der Waals surface area contributed by atoms with Crippen molar-refractivity contribution < 1.29 is 14.3 Å². The second-order valence-corrected chi connectivity index (χ2v) is 6.39. The average Bonchev–Trinajstić information content (AvgIpc) is 3.17. The summed E-state index contributed by atoms with van der Waals surface area (Å²) >= 11 is 2.86. The van der Waals surface area contributed by atoms with Gasteiger partial charge in [0.25, 0.3) is 5.91 Å². The zero-order valence-corrected chi connectivity index (χ0v) is 13.4. The molecule has 2 heterocycles. The van der Waals surface area contributed by atoms with Crippen LogP contribution in [0, 0.1) is 0 Å². The molecule has 0 aliphatic rings. The van der Waals surface area contributed by atoms with Gasteiger partial charge in [0.05, 0.1) is 30.8 Å². The molecule has 0 radical (unpaired) electrons. The number of nitrogens with one attached hydrogen (secondary N) is 1. The summed E-state index contributed by atoms with van der Waals surface area (Å²) in [5, 5.41) is 5.71. The van der Waals surface area contributed by atoms with Gasteiger partial charge in [-0.1, -0.05) is 13.0 Å². The molecule has 112 valence electrons. The molecule has 0 aromatic carbocycles. The van der Waals surface area contributed by atoms with Crippen molar-refractivity contribution in [2.24, 2.45) is 0 Å². The number of carbonyl (C=O) groups excluding carboxylic acids is 2. The van der Waals surface area contributed by atoms with Crippen LogP contribution >= 0.6 is 22.7 Å². The first kappa shape index (κ1) is 15.7. The Morgan fingerprint density at radius 2 is 2.29 bits per heavy atom. The third kappa shape index (κ3) is 4.12. The van der Waals surface area contributed by atoms with Crippen molar-refractivity contribution in [3.8, 4) is 0 Å². The fourth-order valence-corrected chi connectivity index (χ4v) is 3.31. The van der Waals surface area contributed by atoms with Crippen molar-refractivity contribution >= 4 is 34.6 Å². The number of hydrogen-bond acceptors (Lipinski definition) is 6. The minimum absolute atomic E-state index is 0.113. The van der Waals surface area contributed by atoms with E-state index in [1.165, 1.54) is 29.8 Å². The predicted octanol–water partition coefficient (Wildman–Crippen LogP) is 2.80. The monoisotopic (exact) mass is 324 g/mol. The van der Waals surface area contributed by atoms with Gasteiger partial charge in [0.1, 0.15) is 4.88 Å².